The van der Waals surface area contributed by atoms with E-state index in [4.69, 9.17) is 9.84 Å². The lowest BCUT2D eigenvalue weighted by Gasteiger charge is -2.26. The molecule has 1 heterocycles. The number of hydrogen-bond acceptors (Lipinski definition) is 4. The van der Waals surface area contributed by atoms with E-state index in [0.717, 1.165) is 42.6 Å². The highest BCUT2D eigenvalue weighted by Gasteiger charge is 2.16. The quantitative estimate of drug-likeness (QED) is 0.832. The van der Waals surface area contributed by atoms with Gasteiger partial charge in [0.05, 0.1) is 7.11 Å². The molecule has 0 amide bonds. The van der Waals surface area contributed by atoms with Crippen LogP contribution in [0.4, 0.5) is 0 Å². The van der Waals surface area contributed by atoms with Crippen molar-refractivity contribution in [1.29, 1.82) is 0 Å². The van der Waals surface area contributed by atoms with Crippen LogP contribution < -0.4 is 4.74 Å². The third kappa shape index (κ3) is 4.68. The normalized spacial score (nSPS) is 17.2. The van der Waals surface area contributed by atoms with Gasteiger partial charge < -0.3 is 9.84 Å². The number of ether oxygens (including phenoxy) is 1. The van der Waals surface area contributed by atoms with Crippen LogP contribution in [0.5, 0.6) is 5.75 Å². The van der Waals surface area contributed by atoms with Crippen LogP contribution in [0, 0.1) is 0 Å². The van der Waals surface area contributed by atoms with E-state index in [0.29, 0.717) is 11.5 Å². The summed E-state index contributed by atoms with van der Waals surface area (Å²) in [6, 6.07) is 5.61. The Morgan fingerprint density at radius 1 is 1.43 bits per heavy atom. The van der Waals surface area contributed by atoms with Gasteiger partial charge in [0.2, 0.25) is 0 Å². The fourth-order valence-electron chi connectivity index (χ4n) is 2.27. The Morgan fingerprint density at radius 2 is 2.14 bits per heavy atom. The van der Waals surface area contributed by atoms with Gasteiger partial charge in [0.15, 0.2) is 0 Å². The largest absolute Gasteiger partial charge is 0.496 e. The van der Waals surface area contributed by atoms with Gasteiger partial charge in [-0.25, -0.2) is 4.79 Å². The maximum absolute atomic E-state index is 11.4. The van der Waals surface area contributed by atoms with Crippen LogP contribution >= 0.6 is 0 Å². The second kappa shape index (κ2) is 7.38. The molecule has 0 bridgehead atoms. The maximum Gasteiger partial charge on any atom is 0.328 e. The molecule has 1 fully saturated rings. The number of hydrogen-bond donors (Lipinski definition) is 1. The third-order valence-corrected chi connectivity index (χ3v) is 4.66. The summed E-state index contributed by atoms with van der Waals surface area (Å²) in [6.07, 6.45) is 2.69. The molecule has 1 aromatic rings. The van der Waals surface area contributed by atoms with Crippen molar-refractivity contribution in [2.24, 2.45) is 0 Å². The zero-order chi connectivity index (χ0) is 15.2. The Balaban J connectivity index is 2.13. The van der Waals surface area contributed by atoms with Crippen molar-refractivity contribution in [3.63, 3.8) is 0 Å². The van der Waals surface area contributed by atoms with Crippen molar-refractivity contribution in [3.05, 3.63) is 35.4 Å². The van der Waals surface area contributed by atoms with Gasteiger partial charge in [-0.05, 0) is 23.8 Å². The molecule has 114 valence electrons. The van der Waals surface area contributed by atoms with Crippen molar-refractivity contribution in [2.75, 3.05) is 31.7 Å². The first-order chi connectivity index (χ1) is 10.1. The Labute approximate surface area is 126 Å². The topological polar surface area (TPSA) is 66.8 Å². The highest BCUT2D eigenvalue weighted by molar-refractivity contribution is 7.85. The molecule has 1 aliphatic rings. The second-order valence-corrected chi connectivity index (χ2v) is 6.56. The lowest BCUT2D eigenvalue weighted by Crippen LogP contribution is -2.37. The highest BCUT2D eigenvalue weighted by atomic mass is 32.2. The lowest BCUT2D eigenvalue weighted by atomic mass is 10.1. The van der Waals surface area contributed by atoms with Crippen LogP contribution in [0.2, 0.25) is 0 Å². The molecule has 1 saturated heterocycles. The predicted molar refractivity (Wildman–Crippen MR) is 82.8 cm³/mol. The van der Waals surface area contributed by atoms with Crippen molar-refractivity contribution in [3.8, 4) is 5.75 Å². The number of carboxylic acid groups (broad SMARTS) is 1. The number of nitrogens with zero attached hydrogens (tertiary/aromatic N) is 1. The van der Waals surface area contributed by atoms with Crippen molar-refractivity contribution in [1.82, 2.24) is 4.90 Å². The van der Waals surface area contributed by atoms with E-state index in [-0.39, 0.29) is 0 Å². The fourth-order valence-corrected chi connectivity index (χ4v) is 3.40. The summed E-state index contributed by atoms with van der Waals surface area (Å²) < 4.78 is 16.7. The van der Waals surface area contributed by atoms with Gasteiger partial charge in [0, 0.05) is 53.6 Å². The molecule has 1 aliphatic heterocycles. The van der Waals surface area contributed by atoms with Crippen molar-refractivity contribution >= 4 is 22.8 Å². The van der Waals surface area contributed by atoms with Crippen LogP contribution in [0.25, 0.3) is 6.08 Å². The predicted octanol–water partition coefficient (Wildman–Crippen LogP) is 1.36. The highest BCUT2D eigenvalue weighted by Crippen LogP contribution is 2.23. The minimum Gasteiger partial charge on any atom is -0.496 e. The molecular formula is C15H19NO4S. The van der Waals surface area contributed by atoms with Crippen LogP contribution in [-0.4, -0.2) is 51.9 Å². The maximum atomic E-state index is 11.4. The monoisotopic (exact) mass is 309 g/mol. The van der Waals surface area contributed by atoms with Gasteiger partial charge >= 0.3 is 5.97 Å². The first-order valence-corrected chi connectivity index (χ1v) is 8.22. The van der Waals surface area contributed by atoms with E-state index in [1.54, 1.807) is 13.2 Å². The van der Waals surface area contributed by atoms with Gasteiger partial charge in [-0.3, -0.25) is 9.11 Å². The molecule has 2 rings (SSSR count). The molecule has 1 aromatic carbocycles. The Kier molecular flexibility index (Phi) is 5.52. The summed E-state index contributed by atoms with van der Waals surface area (Å²) in [6.45, 7) is 2.34. The summed E-state index contributed by atoms with van der Waals surface area (Å²) in [7, 11) is 0.934. The molecule has 1 N–H and O–H groups in total. The molecule has 21 heavy (non-hydrogen) atoms. The number of aliphatic carboxylic acids is 1. The third-order valence-electron chi connectivity index (χ3n) is 3.39. The number of methoxy groups -OCH3 is 1. The average Bonchev–Trinajstić information content (AvgIpc) is 2.48. The first kappa shape index (κ1) is 15.7. The molecule has 0 unspecified atom stereocenters. The van der Waals surface area contributed by atoms with Crippen LogP contribution in [0.1, 0.15) is 11.1 Å². The summed E-state index contributed by atoms with van der Waals surface area (Å²) in [5, 5.41) is 8.68. The van der Waals surface area contributed by atoms with Gasteiger partial charge in [-0.2, -0.15) is 0 Å². The molecule has 5 nitrogen and oxygen atoms in total. The van der Waals surface area contributed by atoms with Crippen molar-refractivity contribution in [2.45, 2.75) is 6.54 Å². The second-order valence-electron chi connectivity index (χ2n) is 4.87. The van der Waals surface area contributed by atoms with E-state index >= 15 is 0 Å². The molecule has 0 aromatic heterocycles. The first-order valence-electron chi connectivity index (χ1n) is 6.74. The summed E-state index contributed by atoms with van der Waals surface area (Å²) in [5.74, 6) is 1.24. The lowest BCUT2D eigenvalue weighted by molar-refractivity contribution is -0.131. The molecule has 6 heteroatoms. The minimum absolute atomic E-state index is 0.688. The van der Waals surface area contributed by atoms with Crippen LogP contribution in [0.15, 0.2) is 24.3 Å². The molecule has 0 radical (unpaired) electrons. The smallest absolute Gasteiger partial charge is 0.328 e. The minimum atomic E-state index is -0.967. The van der Waals surface area contributed by atoms with Gasteiger partial charge in [-0.1, -0.05) is 6.07 Å². The Bertz CT molecular complexity index is 561. The molecule has 0 spiro atoms. The molecular weight excluding hydrogens is 290 g/mol. The van der Waals surface area contributed by atoms with Gasteiger partial charge in [0.25, 0.3) is 0 Å². The number of benzene rings is 1. The zero-order valence-corrected chi connectivity index (χ0v) is 12.8. The summed E-state index contributed by atoms with van der Waals surface area (Å²) in [5.41, 5.74) is 1.84. The zero-order valence-electron chi connectivity index (χ0n) is 11.9. The molecule has 0 saturated carbocycles. The fraction of sp³-hybridized carbons (Fsp3) is 0.400. The summed E-state index contributed by atoms with van der Waals surface area (Å²) >= 11 is 0. The van der Waals surface area contributed by atoms with Gasteiger partial charge in [-0.15, -0.1) is 0 Å². The Morgan fingerprint density at radius 3 is 2.76 bits per heavy atom. The standard InChI is InChI=1S/C15H19NO4S/c1-20-14-4-2-12(3-5-15(17)18)10-13(14)11-16-6-8-21(19)9-7-16/h2-5,10H,6-9,11H2,1H3,(H,17,18). The van der Waals surface area contributed by atoms with Gasteiger partial charge in [0.1, 0.15) is 5.75 Å². The number of carbonyl (C=O) groups is 1. The van der Waals surface area contributed by atoms with Crippen LogP contribution in [-0.2, 0) is 22.1 Å². The average molecular weight is 309 g/mol. The number of rotatable bonds is 5. The number of carboxylic acids is 1. The van der Waals surface area contributed by atoms with E-state index in [1.807, 2.05) is 18.2 Å². The molecule has 0 atom stereocenters. The SMILES string of the molecule is COc1ccc(C=CC(=O)O)cc1CN1CCS(=O)CC1. The van der Waals surface area contributed by atoms with E-state index in [9.17, 15) is 9.00 Å². The Hall–Kier alpha value is -1.66. The summed E-state index contributed by atoms with van der Waals surface area (Å²) in [4.78, 5) is 12.8. The molecule has 0 aliphatic carbocycles. The van der Waals surface area contributed by atoms with Crippen molar-refractivity contribution < 1.29 is 18.8 Å². The van der Waals surface area contributed by atoms with E-state index < -0.39 is 16.8 Å². The van der Waals surface area contributed by atoms with E-state index in [2.05, 4.69) is 4.90 Å². The van der Waals surface area contributed by atoms with Crippen LogP contribution in [0.3, 0.4) is 0 Å². The van der Waals surface area contributed by atoms with E-state index in [1.165, 1.54) is 0 Å².